The van der Waals surface area contributed by atoms with E-state index in [0.717, 1.165) is 48.3 Å². The van der Waals surface area contributed by atoms with Gasteiger partial charge in [-0.05, 0) is 65.0 Å². The summed E-state index contributed by atoms with van der Waals surface area (Å²) in [6, 6.07) is 3.47. The molecule has 1 amide bonds. The van der Waals surface area contributed by atoms with Crippen LogP contribution in [0.15, 0.2) is 18.3 Å². The predicted octanol–water partition coefficient (Wildman–Crippen LogP) is 4.45. The first-order chi connectivity index (χ1) is 15.0. The molecule has 8 nitrogen and oxygen atoms in total. The number of methoxy groups -OCH3 is 1. The Labute approximate surface area is 190 Å². The zero-order chi connectivity index (χ0) is 23.9. The average molecular weight is 445 g/mol. The minimum Gasteiger partial charge on any atom is -0.465 e. The Kier molecular flexibility index (Phi) is 8.80. The molecule has 2 rings (SSSR count). The standard InChI is InChI=1S/C24H36N4O4/c1-16(14-25-23(30)32-24(3,4)5)10-8-9-11-21-19(15-26-28(21)6)20-13-18(22(29)31-7)12-17(2)27-20/h12-13,15-16H,8-11,14H2,1-7H3,(H,25,30)/t16-/m1/s1. The molecule has 0 aliphatic carbocycles. The summed E-state index contributed by atoms with van der Waals surface area (Å²) >= 11 is 0. The molecule has 1 N–H and O–H groups in total. The summed E-state index contributed by atoms with van der Waals surface area (Å²) in [6.07, 6.45) is 5.28. The Bertz CT molecular complexity index is 931. The molecular formula is C24H36N4O4. The summed E-state index contributed by atoms with van der Waals surface area (Å²) in [6.45, 7) is 10.1. The van der Waals surface area contributed by atoms with Crippen molar-refractivity contribution >= 4 is 12.1 Å². The van der Waals surface area contributed by atoms with Gasteiger partial charge in [0.1, 0.15) is 5.60 Å². The normalized spacial score (nSPS) is 12.3. The summed E-state index contributed by atoms with van der Waals surface area (Å²) in [5.74, 6) is -0.0225. The number of alkyl carbamates (subject to hydrolysis) is 1. The van der Waals surface area contributed by atoms with E-state index in [4.69, 9.17) is 9.47 Å². The van der Waals surface area contributed by atoms with Crippen molar-refractivity contribution in [3.8, 4) is 11.3 Å². The summed E-state index contributed by atoms with van der Waals surface area (Å²) in [5.41, 5.74) is 3.49. The Hall–Kier alpha value is -2.90. The van der Waals surface area contributed by atoms with Crippen molar-refractivity contribution in [3.63, 3.8) is 0 Å². The number of unbranched alkanes of at least 4 members (excludes halogenated alkanes) is 1. The van der Waals surface area contributed by atoms with Gasteiger partial charge in [-0.2, -0.15) is 5.10 Å². The lowest BCUT2D eigenvalue weighted by molar-refractivity contribution is 0.0518. The second-order valence-corrected chi connectivity index (χ2v) is 9.24. The topological polar surface area (TPSA) is 95.3 Å². The molecule has 0 aliphatic heterocycles. The lowest BCUT2D eigenvalue weighted by Gasteiger charge is -2.20. The van der Waals surface area contributed by atoms with Gasteiger partial charge in [-0.15, -0.1) is 0 Å². The van der Waals surface area contributed by atoms with Gasteiger partial charge in [-0.3, -0.25) is 9.67 Å². The van der Waals surface area contributed by atoms with Crippen molar-refractivity contribution in [3.05, 3.63) is 35.3 Å². The highest BCUT2D eigenvalue weighted by atomic mass is 16.6. The van der Waals surface area contributed by atoms with Crippen LogP contribution in [0.2, 0.25) is 0 Å². The number of esters is 1. The second kappa shape index (κ2) is 11.1. The van der Waals surface area contributed by atoms with Crippen molar-refractivity contribution < 1.29 is 19.1 Å². The van der Waals surface area contributed by atoms with Crippen LogP contribution in [0.1, 0.15) is 68.7 Å². The number of nitrogens with one attached hydrogen (secondary N) is 1. The van der Waals surface area contributed by atoms with Crippen LogP contribution in [0.3, 0.4) is 0 Å². The molecule has 0 saturated carbocycles. The van der Waals surface area contributed by atoms with E-state index in [2.05, 4.69) is 22.3 Å². The molecule has 0 saturated heterocycles. The molecule has 0 radical (unpaired) electrons. The highest BCUT2D eigenvalue weighted by Crippen LogP contribution is 2.25. The van der Waals surface area contributed by atoms with E-state index in [9.17, 15) is 9.59 Å². The van der Waals surface area contributed by atoms with E-state index in [1.165, 1.54) is 7.11 Å². The number of carbonyl (C=O) groups excluding carboxylic acids is 2. The van der Waals surface area contributed by atoms with Crippen LogP contribution in [0.25, 0.3) is 11.3 Å². The smallest absolute Gasteiger partial charge is 0.407 e. The average Bonchev–Trinajstić information content (AvgIpc) is 3.07. The van der Waals surface area contributed by atoms with Crippen LogP contribution in [0.5, 0.6) is 0 Å². The van der Waals surface area contributed by atoms with Crippen molar-refractivity contribution in [2.45, 2.75) is 65.9 Å². The van der Waals surface area contributed by atoms with E-state index >= 15 is 0 Å². The number of pyridine rings is 1. The fourth-order valence-corrected chi connectivity index (χ4v) is 3.47. The first-order valence-electron chi connectivity index (χ1n) is 11.0. The number of amides is 1. The molecule has 0 fully saturated rings. The second-order valence-electron chi connectivity index (χ2n) is 9.24. The predicted molar refractivity (Wildman–Crippen MR) is 123 cm³/mol. The zero-order valence-corrected chi connectivity index (χ0v) is 20.3. The highest BCUT2D eigenvalue weighted by Gasteiger charge is 2.17. The molecular weight excluding hydrogens is 408 g/mol. The van der Waals surface area contributed by atoms with Crippen LogP contribution in [-0.2, 0) is 22.9 Å². The Morgan fingerprint density at radius 2 is 1.94 bits per heavy atom. The number of ether oxygens (including phenoxy) is 2. The van der Waals surface area contributed by atoms with E-state index < -0.39 is 5.60 Å². The van der Waals surface area contributed by atoms with E-state index in [1.54, 1.807) is 18.3 Å². The molecule has 2 aromatic rings. The summed E-state index contributed by atoms with van der Waals surface area (Å²) in [5, 5.41) is 7.24. The summed E-state index contributed by atoms with van der Waals surface area (Å²) in [4.78, 5) is 28.4. The van der Waals surface area contributed by atoms with E-state index in [1.807, 2.05) is 39.4 Å². The number of nitrogens with zero attached hydrogens (tertiary/aromatic N) is 3. The van der Waals surface area contributed by atoms with Crippen molar-refractivity contribution in [2.75, 3.05) is 13.7 Å². The van der Waals surface area contributed by atoms with Gasteiger partial charge in [-0.25, -0.2) is 9.59 Å². The van der Waals surface area contributed by atoms with Gasteiger partial charge in [0.2, 0.25) is 0 Å². The lowest BCUT2D eigenvalue weighted by atomic mass is 10.0. The van der Waals surface area contributed by atoms with Gasteiger partial charge < -0.3 is 14.8 Å². The van der Waals surface area contributed by atoms with Gasteiger partial charge in [0, 0.05) is 30.5 Å². The largest absolute Gasteiger partial charge is 0.465 e. The third-order valence-electron chi connectivity index (χ3n) is 5.07. The molecule has 0 unspecified atom stereocenters. The van der Waals surface area contributed by atoms with Gasteiger partial charge in [0.25, 0.3) is 0 Å². The minimum atomic E-state index is -0.488. The zero-order valence-electron chi connectivity index (χ0n) is 20.3. The number of hydrogen-bond donors (Lipinski definition) is 1. The van der Waals surface area contributed by atoms with Gasteiger partial charge in [0.05, 0.1) is 24.6 Å². The molecule has 0 aliphatic rings. The fraction of sp³-hybridized carbons (Fsp3) is 0.583. The molecule has 32 heavy (non-hydrogen) atoms. The Balaban J connectivity index is 1.92. The van der Waals surface area contributed by atoms with Crippen LogP contribution in [0, 0.1) is 12.8 Å². The molecule has 176 valence electrons. The molecule has 0 bridgehead atoms. The third-order valence-corrected chi connectivity index (χ3v) is 5.07. The Morgan fingerprint density at radius 3 is 2.59 bits per heavy atom. The number of carbonyl (C=O) groups is 2. The van der Waals surface area contributed by atoms with Crippen LogP contribution in [0.4, 0.5) is 4.79 Å². The molecule has 0 aromatic carbocycles. The maximum Gasteiger partial charge on any atom is 0.407 e. The maximum absolute atomic E-state index is 12.0. The van der Waals surface area contributed by atoms with E-state index in [-0.39, 0.29) is 12.1 Å². The summed E-state index contributed by atoms with van der Waals surface area (Å²) < 4.78 is 12.0. The molecule has 0 spiro atoms. The minimum absolute atomic E-state index is 0.356. The molecule has 2 aromatic heterocycles. The molecule has 1 atom stereocenters. The number of aryl methyl sites for hydroxylation is 2. The fourth-order valence-electron chi connectivity index (χ4n) is 3.47. The highest BCUT2D eigenvalue weighted by molar-refractivity contribution is 5.90. The number of aromatic nitrogens is 3. The monoisotopic (exact) mass is 444 g/mol. The van der Waals surface area contributed by atoms with Crippen LogP contribution in [-0.4, -0.2) is 46.1 Å². The SMILES string of the molecule is COC(=O)c1cc(C)nc(-c2cnn(C)c2CCCC[C@@H](C)CNC(=O)OC(C)(C)C)c1. The van der Waals surface area contributed by atoms with Crippen molar-refractivity contribution in [1.82, 2.24) is 20.1 Å². The molecule has 8 heteroatoms. The van der Waals surface area contributed by atoms with Crippen molar-refractivity contribution in [2.24, 2.45) is 13.0 Å². The number of hydrogen-bond acceptors (Lipinski definition) is 6. The molecule has 2 heterocycles. The van der Waals surface area contributed by atoms with E-state index in [0.29, 0.717) is 18.0 Å². The maximum atomic E-state index is 12.0. The van der Waals surface area contributed by atoms with Crippen LogP contribution >= 0.6 is 0 Å². The number of rotatable bonds is 9. The summed E-state index contributed by atoms with van der Waals surface area (Å²) in [7, 11) is 3.29. The van der Waals surface area contributed by atoms with Gasteiger partial charge in [0.15, 0.2) is 0 Å². The van der Waals surface area contributed by atoms with Gasteiger partial charge >= 0.3 is 12.1 Å². The third kappa shape index (κ3) is 7.66. The van der Waals surface area contributed by atoms with Gasteiger partial charge in [-0.1, -0.05) is 13.3 Å². The Morgan fingerprint density at radius 1 is 1.22 bits per heavy atom. The van der Waals surface area contributed by atoms with Crippen LogP contribution < -0.4 is 5.32 Å². The lowest BCUT2D eigenvalue weighted by Crippen LogP contribution is -2.34. The van der Waals surface area contributed by atoms with Crippen molar-refractivity contribution in [1.29, 1.82) is 0 Å². The first-order valence-corrected chi connectivity index (χ1v) is 11.0. The quantitative estimate of drug-likeness (QED) is 0.453. The first kappa shape index (κ1) is 25.4.